The van der Waals surface area contributed by atoms with Crippen molar-refractivity contribution in [3.05, 3.63) is 65.7 Å². The molecule has 7 nitrogen and oxygen atoms in total. The fraction of sp³-hybridized carbons (Fsp3) is 0.360. The lowest BCUT2D eigenvalue weighted by molar-refractivity contribution is -0.125. The molecule has 2 aromatic carbocycles. The van der Waals surface area contributed by atoms with Crippen molar-refractivity contribution in [2.24, 2.45) is 0 Å². The largest absolute Gasteiger partial charge is 0.370 e. The average molecular weight is 467 g/mol. The molecule has 0 spiro atoms. The van der Waals surface area contributed by atoms with Crippen LogP contribution in [0.25, 0.3) is 6.08 Å². The lowest BCUT2D eigenvalue weighted by atomic mass is 10.2. The molecule has 174 valence electrons. The van der Waals surface area contributed by atoms with Crippen LogP contribution < -0.4 is 4.90 Å². The Morgan fingerprint density at radius 3 is 2.27 bits per heavy atom. The molecule has 0 atom stereocenters. The Balaban J connectivity index is 1.60. The lowest BCUT2D eigenvalue weighted by Crippen LogP contribution is -2.34. The molecular weight excluding hydrogens is 436 g/mol. The second-order valence-electron chi connectivity index (χ2n) is 7.82. The summed E-state index contributed by atoms with van der Waals surface area (Å²) in [7, 11) is -3.49. The van der Waals surface area contributed by atoms with Gasteiger partial charge >= 0.3 is 0 Å². The Hall–Kier alpha value is -3.15. The van der Waals surface area contributed by atoms with Gasteiger partial charge in [-0.15, -0.1) is 0 Å². The highest BCUT2D eigenvalue weighted by molar-refractivity contribution is 7.89. The number of nitrogens with zero attached hydrogens (tertiary/aromatic N) is 4. The summed E-state index contributed by atoms with van der Waals surface area (Å²) in [6.45, 7) is 7.35. The molecule has 33 heavy (non-hydrogen) atoms. The van der Waals surface area contributed by atoms with Crippen molar-refractivity contribution in [1.82, 2.24) is 9.21 Å². The first-order valence-electron chi connectivity index (χ1n) is 11.2. The molecule has 0 radical (unpaired) electrons. The van der Waals surface area contributed by atoms with E-state index in [1.807, 2.05) is 43.0 Å². The molecular formula is C25H30N4O3S. The van der Waals surface area contributed by atoms with Gasteiger partial charge in [0.25, 0.3) is 0 Å². The maximum Gasteiger partial charge on any atom is 0.246 e. The Bertz CT molecular complexity index is 1120. The summed E-state index contributed by atoms with van der Waals surface area (Å²) in [4.78, 5) is 17.0. The number of benzene rings is 2. The molecule has 0 aromatic heterocycles. The fourth-order valence-corrected chi connectivity index (χ4v) is 5.34. The summed E-state index contributed by atoms with van der Waals surface area (Å²) < 4.78 is 26.6. The van der Waals surface area contributed by atoms with E-state index in [-0.39, 0.29) is 10.8 Å². The minimum absolute atomic E-state index is 0.0588. The van der Waals surface area contributed by atoms with Gasteiger partial charge < -0.3 is 9.80 Å². The number of sulfonamides is 1. The third kappa shape index (κ3) is 6.01. The van der Waals surface area contributed by atoms with Crippen LogP contribution in [0.15, 0.2) is 59.5 Å². The second-order valence-corrected chi connectivity index (χ2v) is 9.75. The van der Waals surface area contributed by atoms with Crippen molar-refractivity contribution in [2.75, 3.05) is 44.2 Å². The predicted octanol–water partition coefficient (Wildman–Crippen LogP) is 3.34. The predicted molar refractivity (Wildman–Crippen MR) is 130 cm³/mol. The molecule has 1 saturated heterocycles. The second kappa shape index (κ2) is 11.1. The van der Waals surface area contributed by atoms with Crippen molar-refractivity contribution < 1.29 is 13.2 Å². The van der Waals surface area contributed by atoms with E-state index in [1.54, 1.807) is 36.4 Å². The number of hydrogen-bond acceptors (Lipinski definition) is 5. The first-order valence-corrected chi connectivity index (χ1v) is 12.7. The number of anilines is 1. The third-order valence-corrected chi connectivity index (χ3v) is 7.87. The van der Waals surface area contributed by atoms with E-state index >= 15 is 0 Å². The lowest BCUT2D eigenvalue weighted by Gasteiger charge is -2.23. The molecule has 8 heteroatoms. The number of carbonyl (C=O) groups excluding carboxylic acids is 1. The maximum atomic E-state index is 12.7. The quantitative estimate of drug-likeness (QED) is 0.585. The number of hydrogen-bond donors (Lipinski definition) is 0. The number of rotatable bonds is 7. The highest BCUT2D eigenvalue weighted by atomic mass is 32.2. The van der Waals surface area contributed by atoms with Gasteiger partial charge in [0.05, 0.1) is 16.5 Å². The zero-order chi connectivity index (χ0) is 23.8. The molecule has 0 N–H and O–H groups in total. The van der Waals surface area contributed by atoms with Gasteiger partial charge in [0.15, 0.2) is 0 Å². The number of carbonyl (C=O) groups is 1. The van der Waals surface area contributed by atoms with Crippen molar-refractivity contribution >= 4 is 27.7 Å². The molecule has 0 aliphatic carbocycles. The van der Waals surface area contributed by atoms with Gasteiger partial charge in [-0.1, -0.05) is 26.0 Å². The Morgan fingerprint density at radius 1 is 1.00 bits per heavy atom. The monoisotopic (exact) mass is 466 g/mol. The topological polar surface area (TPSA) is 84.7 Å². The molecule has 3 rings (SSSR count). The molecule has 1 amide bonds. The van der Waals surface area contributed by atoms with Crippen LogP contribution in [0, 0.1) is 11.3 Å². The van der Waals surface area contributed by atoms with Crippen LogP contribution in [0.4, 0.5) is 5.69 Å². The maximum absolute atomic E-state index is 12.7. The van der Waals surface area contributed by atoms with Crippen LogP contribution >= 0.6 is 0 Å². The van der Waals surface area contributed by atoms with Crippen LogP contribution in [0.2, 0.25) is 0 Å². The zero-order valence-electron chi connectivity index (χ0n) is 19.1. The Kier molecular flexibility index (Phi) is 8.26. The van der Waals surface area contributed by atoms with Crippen LogP contribution in [-0.2, 0) is 14.8 Å². The van der Waals surface area contributed by atoms with Gasteiger partial charge in [-0.05, 0) is 54.5 Å². The standard InChI is InChI=1S/C25H30N4O3S/c1-3-29(4-2)33(31,32)24-13-8-21(9-14-24)10-15-25(30)28-17-5-16-27(18-19-28)23-11-6-22(20-26)7-12-23/h6-15H,3-5,16-19H2,1-2H3/b15-10+. The van der Waals surface area contributed by atoms with Crippen LogP contribution in [0.5, 0.6) is 0 Å². The smallest absolute Gasteiger partial charge is 0.246 e. The minimum atomic E-state index is -3.49. The Labute approximate surface area is 196 Å². The van der Waals surface area contributed by atoms with E-state index in [1.165, 1.54) is 4.31 Å². The molecule has 2 aromatic rings. The molecule has 0 unspecified atom stereocenters. The highest BCUT2D eigenvalue weighted by Gasteiger charge is 2.21. The van der Waals surface area contributed by atoms with Crippen molar-refractivity contribution in [2.45, 2.75) is 25.2 Å². The van der Waals surface area contributed by atoms with Crippen LogP contribution in [-0.4, -0.2) is 62.8 Å². The van der Waals surface area contributed by atoms with Gasteiger partial charge in [0.1, 0.15) is 0 Å². The fourth-order valence-electron chi connectivity index (χ4n) is 3.88. The third-order valence-electron chi connectivity index (χ3n) is 5.81. The van der Waals surface area contributed by atoms with Crippen molar-refractivity contribution in [3.63, 3.8) is 0 Å². The van der Waals surface area contributed by atoms with E-state index in [4.69, 9.17) is 5.26 Å². The van der Waals surface area contributed by atoms with E-state index in [0.717, 1.165) is 30.8 Å². The van der Waals surface area contributed by atoms with Crippen LogP contribution in [0.3, 0.4) is 0 Å². The molecule has 1 fully saturated rings. The summed E-state index contributed by atoms with van der Waals surface area (Å²) >= 11 is 0. The van der Waals surface area contributed by atoms with E-state index < -0.39 is 10.0 Å². The van der Waals surface area contributed by atoms with E-state index in [2.05, 4.69) is 11.0 Å². The van der Waals surface area contributed by atoms with E-state index in [0.29, 0.717) is 31.7 Å². The first kappa shape index (κ1) is 24.5. The molecule has 1 aliphatic heterocycles. The summed E-state index contributed by atoms with van der Waals surface area (Å²) in [5, 5.41) is 8.96. The van der Waals surface area contributed by atoms with Crippen molar-refractivity contribution in [3.8, 4) is 6.07 Å². The van der Waals surface area contributed by atoms with Gasteiger partial charge in [0.2, 0.25) is 15.9 Å². The van der Waals surface area contributed by atoms with E-state index in [9.17, 15) is 13.2 Å². The first-order chi connectivity index (χ1) is 15.9. The van der Waals surface area contributed by atoms with Gasteiger partial charge in [-0.3, -0.25) is 4.79 Å². The highest BCUT2D eigenvalue weighted by Crippen LogP contribution is 2.19. The number of nitriles is 1. The zero-order valence-corrected chi connectivity index (χ0v) is 20.0. The summed E-state index contributed by atoms with van der Waals surface area (Å²) in [5.41, 5.74) is 2.46. The molecule has 0 saturated carbocycles. The SMILES string of the molecule is CCN(CC)S(=O)(=O)c1ccc(/C=C/C(=O)N2CCCN(c3ccc(C#N)cc3)CC2)cc1. The summed E-state index contributed by atoms with van der Waals surface area (Å²) in [6, 6.07) is 16.2. The van der Waals surface area contributed by atoms with Gasteiger partial charge in [-0.25, -0.2) is 8.42 Å². The number of amides is 1. The Morgan fingerprint density at radius 2 is 1.67 bits per heavy atom. The summed E-state index contributed by atoms with van der Waals surface area (Å²) in [6.07, 6.45) is 4.13. The minimum Gasteiger partial charge on any atom is -0.370 e. The normalized spacial score (nSPS) is 15.0. The summed E-state index contributed by atoms with van der Waals surface area (Å²) in [5.74, 6) is -0.0588. The van der Waals surface area contributed by atoms with Gasteiger partial charge in [0, 0.05) is 51.0 Å². The average Bonchev–Trinajstić information content (AvgIpc) is 3.10. The molecule has 0 bridgehead atoms. The van der Waals surface area contributed by atoms with Gasteiger partial charge in [-0.2, -0.15) is 9.57 Å². The van der Waals surface area contributed by atoms with Crippen molar-refractivity contribution in [1.29, 1.82) is 5.26 Å². The van der Waals surface area contributed by atoms with Crippen LogP contribution in [0.1, 0.15) is 31.4 Å². The molecule has 1 aliphatic rings. The molecule has 1 heterocycles.